The highest BCUT2D eigenvalue weighted by atomic mass is 16.7. The number of aromatic nitrogens is 1. The summed E-state index contributed by atoms with van der Waals surface area (Å²) in [7, 11) is 3.27. The molecule has 1 unspecified atom stereocenters. The zero-order valence-corrected chi connectivity index (χ0v) is 10.9. The van der Waals surface area contributed by atoms with E-state index in [4.69, 9.17) is 9.47 Å². The molecule has 1 aromatic heterocycles. The van der Waals surface area contributed by atoms with Gasteiger partial charge in [-0.2, -0.15) is 0 Å². The minimum absolute atomic E-state index is 0.0640. The lowest BCUT2D eigenvalue weighted by Gasteiger charge is -2.23. The number of methoxy groups -OCH3 is 2. The number of hydrogen-bond acceptors (Lipinski definition) is 4. The predicted molar refractivity (Wildman–Crippen MR) is 72.6 cm³/mol. The van der Waals surface area contributed by atoms with E-state index in [2.05, 4.69) is 16.4 Å². The molecule has 0 fully saturated rings. The van der Waals surface area contributed by atoms with E-state index in [0.717, 1.165) is 16.6 Å². The molecule has 0 aliphatic rings. The van der Waals surface area contributed by atoms with E-state index in [1.165, 1.54) is 0 Å². The Bertz CT molecular complexity index is 512. The second-order valence-electron chi connectivity index (χ2n) is 4.18. The second kappa shape index (κ2) is 5.80. The Morgan fingerprint density at radius 1 is 1.17 bits per heavy atom. The molecule has 2 aromatic rings. The van der Waals surface area contributed by atoms with E-state index in [0.29, 0.717) is 0 Å². The molecule has 2 rings (SSSR count). The molecule has 1 heterocycles. The number of anilines is 1. The van der Waals surface area contributed by atoms with Crippen molar-refractivity contribution in [3.05, 3.63) is 36.5 Å². The van der Waals surface area contributed by atoms with Crippen LogP contribution in [-0.2, 0) is 9.47 Å². The fraction of sp³-hybridized carbons (Fsp3) is 0.357. The Kier molecular flexibility index (Phi) is 4.12. The molecule has 1 N–H and O–H groups in total. The first-order chi connectivity index (χ1) is 8.74. The molecule has 1 aromatic carbocycles. The van der Waals surface area contributed by atoms with Crippen LogP contribution in [-0.4, -0.2) is 31.5 Å². The minimum Gasteiger partial charge on any atom is -0.377 e. The third-order valence-electron chi connectivity index (χ3n) is 2.87. The largest absolute Gasteiger partial charge is 0.377 e. The molecule has 18 heavy (non-hydrogen) atoms. The summed E-state index contributed by atoms with van der Waals surface area (Å²) < 4.78 is 10.4. The number of hydrogen-bond donors (Lipinski definition) is 1. The number of ether oxygens (including phenoxy) is 2. The van der Waals surface area contributed by atoms with E-state index < -0.39 is 0 Å². The van der Waals surface area contributed by atoms with E-state index >= 15 is 0 Å². The smallest absolute Gasteiger partial charge is 0.176 e. The standard InChI is InChI=1S/C14H18N2O2/c1-10(14(17-2)18-3)16-12-6-7-13-11(9-12)5-4-8-15-13/h4-10,14,16H,1-3H3. The van der Waals surface area contributed by atoms with Crippen molar-refractivity contribution in [3.8, 4) is 0 Å². The zero-order chi connectivity index (χ0) is 13.0. The number of nitrogens with zero attached hydrogens (tertiary/aromatic N) is 1. The molecule has 0 aliphatic heterocycles. The molecule has 0 aliphatic carbocycles. The Morgan fingerprint density at radius 2 is 1.94 bits per heavy atom. The molecule has 0 spiro atoms. The van der Waals surface area contributed by atoms with Crippen molar-refractivity contribution < 1.29 is 9.47 Å². The van der Waals surface area contributed by atoms with Gasteiger partial charge in [0.25, 0.3) is 0 Å². The fourth-order valence-electron chi connectivity index (χ4n) is 2.00. The van der Waals surface area contributed by atoms with Crippen LogP contribution in [0.5, 0.6) is 0 Å². The number of fused-ring (bicyclic) bond motifs is 1. The van der Waals surface area contributed by atoms with Crippen molar-refractivity contribution in [1.29, 1.82) is 0 Å². The van der Waals surface area contributed by atoms with Gasteiger partial charge in [0.2, 0.25) is 0 Å². The van der Waals surface area contributed by atoms with Crippen LogP contribution in [0.25, 0.3) is 10.9 Å². The SMILES string of the molecule is COC(OC)C(C)Nc1ccc2ncccc2c1. The van der Waals surface area contributed by atoms with Gasteiger partial charge >= 0.3 is 0 Å². The third kappa shape index (κ3) is 2.78. The van der Waals surface area contributed by atoms with E-state index in [1.54, 1.807) is 20.4 Å². The van der Waals surface area contributed by atoms with Crippen LogP contribution in [0.1, 0.15) is 6.92 Å². The number of nitrogens with one attached hydrogen (secondary N) is 1. The number of rotatable bonds is 5. The van der Waals surface area contributed by atoms with Gasteiger partial charge in [-0.3, -0.25) is 4.98 Å². The van der Waals surface area contributed by atoms with Gasteiger partial charge in [-0.25, -0.2) is 0 Å². The maximum atomic E-state index is 5.22. The van der Waals surface area contributed by atoms with Gasteiger partial charge < -0.3 is 14.8 Å². The summed E-state index contributed by atoms with van der Waals surface area (Å²) in [5.41, 5.74) is 2.02. The van der Waals surface area contributed by atoms with Crippen molar-refractivity contribution in [2.45, 2.75) is 19.3 Å². The Balaban J connectivity index is 2.16. The average molecular weight is 246 g/mol. The zero-order valence-electron chi connectivity index (χ0n) is 10.9. The second-order valence-corrected chi connectivity index (χ2v) is 4.18. The van der Waals surface area contributed by atoms with Gasteiger partial charge in [-0.05, 0) is 31.2 Å². The summed E-state index contributed by atoms with van der Waals surface area (Å²) in [6, 6.07) is 10.1. The highest BCUT2D eigenvalue weighted by molar-refractivity contribution is 5.82. The quantitative estimate of drug-likeness (QED) is 0.824. The van der Waals surface area contributed by atoms with Crippen molar-refractivity contribution in [3.63, 3.8) is 0 Å². The molecule has 4 heteroatoms. The van der Waals surface area contributed by atoms with Gasteiger partial charge in [0.1, 0.15) is 0 Å². The third-order valence-corrected chi connectivity index (χ3v) is 2.87. The Labute approximate surface area is 107 Å². The molecule has 0 saturated heterocycles. The van der Waals surface area contributed by atoms with E-state index in [9.17, 15) is 0 Å². The first-order valence-electron chi connectivity index (χ1n) is 5.91. The van der Waals surface area contributed by atoms with Gasteiger partial charge in [-0.15, -0.1) is 0 Å². The van der Waals surface area contributed by atoms with Crippen LogP contribution in [0, 0.1) is 0 Å². The topological polar surface area (TPSA) is 43.4 Å². The first-order valence-corrected chi connectivity index (χ1v) is 5.91. The molecule has 0 bridgehead atoms. The normalized spacial score (nSPS) is 12.9. The van der Waals surface area contributed by atoms with Crippen molar-refractivity contribution >= 4 is 16.6 Å². The van der Waals surface area contributed by atoms with Crippen molar-refractivity contribution in [2.75, 3.05) is 19.5 Å². The lowest BCUT2D eigenvalue weighted by atomic mass is 10.2. The van der Waals surface area contributed by atoms with Gasteiger partial charge in [0.05, 0.1) is 11.6 Å². The summed E-state index contributed by atoms with van der Waals surface area (Å²) in [6.07, 6.45) is 1.53. The molecule has 0 radical (unpaired) electrons. The predicted octanol–water partition coefficient (Wildman–Crippen LogP) is 2.65. The van der Waals surface area contributed by atoms with Gasteiger partial charge in [0, 0.05) is 31.5 Å². The maximum absolute atomic E-state index is 5.22. The molecule has 0 saturated carbocycles. The maximum Gasteiger partial charge on any atom is 0.176 e. The molecule has 0 amide bonds. The summed E-state index contributed by atoms with van der Waals surface area (Å²) in [5, 5.41) is 4.47. The van der Waals surface area contributed by atoms with Crippen molar-refractivity contribution in [2.24, 2.45) is 0 Å². The van der Waals surface area contributed by atoms with Crippen LogP contribution in [0.2, 0.25) is 0 Å². The number of pyridine rings is 1. The van der Waals surface area contributed by atoms with Gasteiger partial charge in [-0.1, -0.05) is 6.07 Å². The van der Waals surface area contributed by atoms with E-state index in [-0.39, 0.29) is 12.3 Å². The lowest BCUT2D eigenvalue weighted by molar-refractivity contribution is -0.109. The Hall–Kier alpha value is -1.65. The molecule has 96 valence electrons. The summed E-state index contributed by atoms with van der Waals surface area (Å²) in [4.78, 5) is 4.29. The fourth-order valence-corrected chi connectivity index (χ4v) is 2.00. The van der Waals surface area contributed by atoms with Crippen molar-refractivity contribution in [1.82, 2.24) is 4.98 Å². The minimum atomic E-state index is -0.269. The van der Waals surface area contributed by atoms with Crippen LogP contribution in [0.15, 0.2) is 36.5 Å². The first kappa shape index (κ1) is 12.8. The molecule has 1 atom stereocenters. The molecule has 4 nitrogen and oxygen atoms in total. The van der Waals surface area contributed by atoms with Crippen LogP contribution < -0.4 is 5.32 Å². The van der Waals surface area contributed by atoms with Crippen LogP contribution in [0.3, 0.4) is 0 Å². The van der Waals surface area contributed by atoms with Crippen LogP contribution >= 0.6 is 0 Å². The average Bonchev–Trinajstić information content (AvgIpc) is 2.40. The molecular weight excluding hydrogens is 228 g/mol. The highest BCUT2D eigenvalue weighted by Gasteiger charge is 2.15. The highest BCUT2D eigenvalue weighted by Crippen LogP contribution is 2.18. The lowest BCUT2D eigenvalue weighted by Crippen LogP contribution is -2.33. The summed E-state index contributed by atoms with van der Waals surface area (Å²) >= 11 is 0. The summed E-state index contributed by atoms with van der Waals surface area (Å²) in [5.74, 6) is 0. The molecular formula is C14H18N2O2. The van der Waals surface area contributed by atoms with E-state index in [1.807, 2.05) is 31.2 Å². The number of benzene rings is 1. The van der Waals surface area contributed by atoms with Gasteiger partial charge in [0.15, 0.2) is 6.29 Å². The monoisotopic (exact) mass is 246 g/mol. The Morgan fingerprint density at radius 3 is 2.67 bits per heavy atom. The summed E-state index contributed by atoms with van der Waals surface area (Å²) in [6.45, 7) is 2.02. The van der Waals surface area contributed by atoms with Crippen LogP contribution in [0.4, 0.5) is 5.69 Å².